The Balaban J connectivity index is 1.50. The van der Waals surface area contributed by atoms with E-state index >= 15 is 0 Å². The van der Waals surface area contributed by atoms with Crippen LogP contribution in [0.25, 0.3) is 11.3 Å². The summed E-state index contributed by atoms with van der Waals surface area (Å²) >= 11 is 0. The second-order valence-corrected chi connectivity index (χ2v) is 9.73. The van der Waals surface area contributed by atoms with Crippen molar-refractivity contribution < 1.29 is 0 Å². The molecule has 5 heterocycles. The van der Waals surface area contributed by atoms with Gasteiger partial charge in [0, 0.05) is 62.7 Å². The topological polar surface area (TPSA) is 99.8 Å². The average Bonchev–Trinajstić information content (AvgIpc) is 3.47. The molecule has 10 heteroatoms. The largest absolute Gasteiger partial charge is 0.351 e. The summed E-state index contributed by atoms with van der Waals surface area (Å²) in [5.74, 6) is 0.796. The van der Waals surface area contributed by atoms with E-state index in [9.17, 15) is 10.1 Å². The normalized spacial score (nSPS) is 19.7. The maximum atomic E-state index is 12.9. The maximum Gasteiger partial charge on any atom is 0.255 e. The highest BCUT2D eigenvalue weighted by Crippen LogP contribution is 2.31. The summed E-state index contributed by atoms with van der Waals surface area (Å²) < 4.78 is 5.25. The summed E-state index contributed by atoms with van der Waals surface area (Å²) in [5.41, 5.74) is 4.15. The first kappa shape index (κ1) is 24.0. The van der Waals surface area contributed by atoms with Gasteiger partial charge in [-0.05, 0) is 32.8 Å². The van der Waals surface area contributed by atoms with E-state index < -0.39 is 0 Å². The number of piperazine rings is 1. The molecule has 0 radical (unpaired) electrons. The Labute approximate surface area is 210 Å². The Morgan fingerprint density at radius 3 is 2.64 bits per heavy atom. The van der Waals surface area contributed by atoms with E-state index in [2.05, 4.69) is 47.8 Å². The van der Waals surface area contributed by atoms with Crippen LogP contribution in [0.5, 0.6) is 0 Å². The summed E-state index contributed by atoms with van der Waals surface area (Å²) in [6, 6.07) is 10.4. The molecule has 0 aliphatic carbocycles. The molecular formula is C26H33N9O. The molecule has 188 valence electrons. The Hall–Kier alpha value is -3.71. The van der Waals surface area contributed by atoms with Crippen molar-refractivity contribution in [2.75, 3.05) is 18.0 Å². The number of aromatic nitrogens is 6. The molecule has 4 aromatic heterocycles. The van der Waals surface area contributed by atoms with Crippen LogP contribution in [0.1, 0.15) is 56.7 Å². The molecule has 0 amide bonds. The maximum absolute atomic E-state index is 12.9. The van der Waals surface area contributed by atoms with Crippen LogP contribution in [0.4, 0.5) is 5.82 Å². The van der Waals surface area contributed by atoms with E-state index in [0.29, 0.717) is 11.3 Å². The molecule has 1 fully saturated rings. The first-order valence-electron chi connectivity index (χ1n) is 12.7. The monoisotopic (exact) mass is 487 g/mol. The van der Waals surface area contributed by atoms with Gasteiger partial charge < -0.3 is 4.90 Å². The highest BCUT2D eigenvalue weighted by atomic mass is 16.1. The van der Waals surface area contributed by atoms with Gasteiger partial charge in [0.1, 0.15) is 11.5 Å². The van der Waals surface area contributed by atoms with Crippen molar-refractivity contribution in [3.63, 3.8) is 0 Å². The molecule has 36 heavy (non-hydrogen) atoms. The molecule has 5 rings (SSSR count). The second-order valence-electron chi connectivity index (χ2n) is 9.73. The minimum absolute atomic E-state index is 0.0757. The Morgan fingerprint density at radius 1 is 1.14 bits per heavy atom. The zero-order chi connectivity index (χ0) is 25.6. The van der Waals surface area contributed by atoms with Crippen molar-refractivity contribution in [2.24, 2.45) is 7.05 Å². The molecule has 0 bridgehead atoms. The second kappa shape index (κ2) is 9.39. The van der Waals surface area contributed by atoms with Crippen molar-refractivity contribution in [3.05, 3.63) is 57.9 Å². The average molecular weight is 488 g/mol. The number of hydrogen-bond acceptors (Lipinski definition) is 7. The van der Waals surface area contributed by atoms with Crippen LogP contribution in [0, 0.1) is 18.3 Å². The Kier molecular flexibility index (Phi) is 6.26. The SMILES string of the molecule is CC[C@H]1CN([C@H](C)c2ccn3nc(C)cc3n2)[C@H](CC)CN1c1cc(=O)n(C)c2cc(CC#N)nn12. The molecule has 1 aliphatic rings. The van der Waals surface area contributed by atoms with Crippen molar-refractivity contribution in [1.29, 1.82) is 5.26 Å². The van der Waals surface area contributed by atoms with Gasteiger partial charge in [0.25, 0.3) is 5.56 Å². The Morgan fingerprint density at radius 2 is 1.92 bits per heavy atom. The van der Waals surface area contributed by atoms with E-state index in [1.807, 2.05) is 34.3 Å². The van der Waals surface area contributed by atoms with Crippen LogP contribution in [0.15, 0.2) is 35.3 Å². The third-order valence-corrected chi connectivity index (χ3v) is 7.51. The molecule has 4 aromatic rings. The van der Waals surface area contributed by atoms with Gasteiger partial charge in [-0.2, -0.15) is 15.5 Å². The van der Waals surface area contributed by atoms with Crippen LogP contribution >= 0.6 is 0 Å². The van der Waals surface area contributed by atoms with Crippen LogP contribution < -0.4 is 10.5 Å². The first-order valence-corrected chi connectivity index (χ1v) is 12.7. The third-order valence-electron chi connectivity index (χ3n) is 7.51. The van der Waals surface area contributed by atoms with Crippen molar-refractivity contribution >= 4 is 17.1 Å². The van der Waals surface area contributed by atoms with Crippen LogP contribution in [0.2, 0.25) is 0 Å². The van der Waals surface area contributed by atoms with Gasteiger partial charge in [0.05, 0.1) is 29.6 Å². The van der Waals surface area contributed by atoms with Gasteiger partial charge in [0.15, 0.2) is 5.65 Å². The lowest BCUT2D eigenvalue weighted by molar-refractivity contribution is 0.0985. The highest BCUT2D eigenvalue weighted by molar-refractivity contribution is 5.52. The van der Waals surface area contributed by atoms with Crippen molar-refractivity contribution in [2.45, 2.75) is 65.1 Å². The Bertz CT molecular complexity index is 1510. The van der Waals surface area contributed by atoms with Gasteiger partial charge in [0.2, 0.25) is 0 Å². The van der Waals surface area contributed by atoms with Crippen LogP contribution in [-0.2, 0) is 13.5 Å². The summed E-state index contributed by atoms with van der Waals surface area (Å²) in [6.07, 6.45) is 4.10. The van der Waals surface area contributed by atoms with Crippen molar-refractivity contribution in [1.82, 2.24) is 33.7 Å². The lowest BCUT2D eigenvalue weighted by atomic mass is 9.99. The quantitative estimate of drug-likeness (QED) is 0.412. The summed E-state index contributed by atoms with van der Waals surface area (Å²) in [4.78, 5) is 22.7. The van der Waals surface area contributed by atoms with Crippen LogP contribution in [-0.4, -0.2) is 58.9 Å². The molecule has 1 aliphatic heterocycles. The number of fused-ring (bicyclic) bond motifs is 2. The van der Waals surface area contributed by atoms with E-state index in [-0.39, 0.29) is 30.1 Å². The standard InChI is InChI=1S/C26H33N9O/c1-6-20-16-33(25-14-26(36)31(5)24-13-19(8-10-27)30-35(24)25)21(7-2)15-32(20)18(4)22-9-11-34-23(28-22)12-17(3)29-34/h9,11-14,18,20-21H,6-8,15-16H2,1-5H3/t18-,20-,21+/m1/s1. The molecular weight excluding hydrogens is 454 g/mol. The van der Waals surface area contributed by atoms with E-state index in [1.165, 1.54) is 0 Å². The lowest BCUT2D eigenvalue weighted by Crippen LogP contribution is -2.59. The molecule has 0 aromatic carbocycles. The zero-order valence-electron chi connectivity index (χ0n) is 21.6. The number of aryl methyl sites for hydroxylation is 2. The number of rotatable bonds is 6. The smallest absolute Gasteiger partial charge is 0.255 e. The molecule has 3 atom stereocenters. The van der Waals surface area contributed by atoms with Gasteiger partial charge in [-0.1, -0.05) is 13.8 Å². The third kappa shape index (κ3) is 4.03. The first-order chi connectivity index (χ1) is 17.3. The van der Waals surface area contributed by atoms with Gasteiger partial charge in [-0.25, -0.2) is 14.0 Å². The van der Waals surface area contributed by atoms with E-state index in [4.69, 9.17) is 10.1 Å². The lowest BCUT2D eigenvalue weighted by Gasteiger charge is -2.49. The van der Waals surface area contributed by atoms with Crippen molar-refractivity contribution in [3.8, 4) is 6.07 Å². The molecule has 0 unspecified atom stereocenters. The molecule has 0 N–H and O–H groups in total. The number of nitriles is 1. The van der Waals surface area contributed by atoms with Gasteiger partial charge in [-0.15, -0.1) is 0 Å². The van der Waals surface area contributed by atoms with Gasteiger partial charge in [-0.3, -0.25) is 14.3 Å². The summed E-state index contributed by atoms with van der Waals surface area (Å²) in [5, 5.41) is 18.3. The predicted octanol–water partition coefficient (Wildman–Crippen LogP) is 2.89. The molecule has 1 saturated heterocycles. The molecule has 0 spiro atoms. The fourth-order valence-corrected chi connectivity index (χ4v) is 5.43. The summed E-state index contributed by atoms with van der Waals surface area (Å²) in [6.45, 7) is 10.2. The predicted molar refractivity (Wildman–Crippen MR) is 138 cm³/mol. The zero-order valence-corrected chi connectivity index (χ0v) is 21.6. The minimum Gasteiger partial charge on any atom is -0.351 e. The summed E-state index contributed by atoms with van der Waals surface area (Å²) in [7, 11) is 1.75. The fraction of sp³-hybridized carbons (Fsp3) is 0.500. The number of anilines is 1. The van der Waals surface area contributed by atoms with Crippen LogP contribution in [0.3, 0.4) is 0 Å². The van der Waals surface area contributed by atoms with Gasteiger partial charge >= 0.3 is 0 Å². The number of nitrogens with zero attached hydrogens (tertiary/aromatic N) is 9. The molecule has 10 nitrogen and oxygen atoms in total. The minimum atomic E-state index is -0.0757. The van der Waals surface area contributed by atoms with E-state index in [0.717, 1.165) is 48.8 Å². The molecule has 0 saturated carbocycles. The highest BCUT2D eigenvalue weighted by Gasteiger charge is 2.36. The number of hydrogen-bond donors (Lipinski definition) is 0. The van der Waals surface area contributed by atoms with E-state index in [1.54, 1.807) is 17.7 Å². The fourth-order valence-electron chi connectivity index (χ4n) is 5.43.